The van der Waals surface area contributed by atoms with Crippen LogP contribution in [-0.2, 0) is 11.3 Å². The zero-order valence-electron chi connectivity index (χ0n) is 12.0. The van der Waals surface area contributed by atoms with E-state index < -0.39 is 0 Å². The molecule has 22 heavy (non-hydrogen) atoms. The summed E-state index contributed by atoms with van der Waals surface area (Å²) in [6, 6.07) is 10.7. The Morgan fingerprint density at radius 3 is 2.86 bits per heavy atom. The van der Waals surface area contributed by atoms with E-state index in [9.17, 15) is 0 Å². The third-order valence-electron chi connectivity index (χ3n) is 2.65. The molecule has 6 heteroatoms. The van der Waals surface area contributed by atoms with E-state index in [1.165, 1.54) is 6.26 Å². The highest BCUT2D eigenvalue weighted by atomic mass is 35.5. The van der Waals surface area contributed by atoms with Crippen molar-refractivity contribution in [3.63, 3.8) is 0 Å². The zero-order chi connectivity index (χ0) is 15.8. The van der Waals surface area contributed by atoms with Crippen LogP contribution < -0.4 is 4.74 Å². The standard InChI is InChI=1S/C16H14ClN3O2/c1-2-21-9-8-14-12(10-18)6-7-13(19-14)11-22-16-5-3-4-15(17)20-16/h3-9H,2,11H2,1H3/b9-8+. The summed E-state index contributed by atoms with van der Waals surface area (Å²) in [5.74, 6) is 0.421. The molecule has 112 valence electrons. The van der Waals surface area contributed by atoms with Crippen molar-refractivity contribution in [2.75, 3.05) is 6.61 Å². The lowest BCUT2D eigenvalue weighted by atomic mass is 10.2. The fourth-order valence-corrected chi connectivity index (χ4v) is 1.80. The van der Waals surface area contributed by atoms with Crippen LogP contribution in [0.4, 0.5) is 0 Å². The van der Waals surface area contributed by atoms with Crippen molar-refractivity contribution < 1.29 is 9.47 Å². The number of nitriles is 1. The predicted molar refractivity (Wildman–Crippen MR) is 83.2 cm³/mol. The molecule has 0 aliphatic rings. The van der Waals surface area contributed by atoms with E-state index in [1.54, 1.807) is 36.4 Å². The molecule has 0 unspecified atom stereocenters. The van der Waals surface area contributed by atoms with Gasteiger partial charge in [0.2, 0.25) is 5.88 Å². The zero-order valence-corrected chi connectivity index (χ0v) is 12.7. The van der Waals surface area contributed by atoms with Gasteiger partial charge in [0.15, 0.2) is 0 Å². The van der Waals surface area contributed by atoms with Crippen molar-refractivity contribution in [2.24, 2.45) is 0 Å². The number of pyridine rings is 2. The summed E-state index contributed by atoms with van der Waals surface area (Å²) < 4.78 is 10.7. The van der Waals surface area contributed by atoms with Crippen LogP contribution >= 0.6 is 11.6 Å². The fraction of sp³-hybridized carbons (Fsp3) is 0.188. The molecule has 2 aromatic rings. The molecule has 5 nitrogen and oxygen atoms in total. The Morgan fingerprint density at radius 1 is 1.27 bits per heavy atom. The summed E-state index contributed by atoms with van der Waals surface area (Å²) >= 11 is 5.80. The largest absolute Gasteiger partial charge is 0.501 e. The second-order valence-electron chi connectivity index (χ2n) is 4.19. The second-order valence-corrected chi connectivity index (χ2v) is 4.58. The van der Waals surface area contributed by atoms with Gasteiger partial charge in [-0.1, -0.05) is 17.7 Å². The summed E-state index contributed by atoms with van der Waals surface area (Å²) in [6.07, 6.45) is 3.18. The van der Waals surface area contributed by atoms with Gasteiger partial charge in [-0.25, -0.2) is 9.97 Å². The SMILES string of the molecule is CCO/C=C/c1nc(COc2cccc(Cl)n2)ccc1C#N. The van der Waals surface area contributed by atoms with Crippen molar-refractivity contribution in [1.82, 2.24) is 9.97 Å². The first-order chi connectivity index (χ1) is 10.7. The Balaban J connectivity index is 2.11. The van der Waals surface area contributed by atoms with Gasteiger partial charge in [-0.2, -0.15) is 5.26 Å². The number of halogens is 1. The molecular formula is C16H14ClN3O2. The minimum atomic E-state index is 0.231. The third kappa shape index (κ3) is 4.47. The van der Waals surface area contributed by atoms with Crippen LogP contribution in [0.2, 0.25) is 5.15 Å². The minimum Gasteiger partial charge on any atom is -0.501 e. The quantitative estimate of drug-likeness (QED) is 0.602. The molecule has 0 aromatic carbocycles. The van der Waals surface area contributed by atoms with E-state index in [0.29, 0.717) is 34.6 Å². The first-order valence-corrected chi connectivity index (χ1v) is 7.04. The molecule has 0 atom stereocenters. The van der Waals surface area contributed by atoms with Crippen molar-refractivity contribution in [3.8, 4) is 11.9 Å². The van der Waals surface area contributed by atoms with Crippen LogP contribution in [0.15, 0.2) is 36.6 Å². The Labute approximate surface area is 133 Å². The van der Waals surface area contributed by atoms with E-state index in [-0.39, 0.29) is 6.61 Å². The van der Waals surface area contributed by atoms with E-state index in [0.717, 1.165) is 0 Å². The highest BCUT2D eigenvalue weighted by Crippen LogP contribution is 2.14. The van der Waals surface area contributed by atoms with Crippen LogP contribution in [0.3, 0.4) is 0 Å². The highest BCUT2D eigenvalue weighted by molar-refractivity contribution is 6.29. The van der Waals surface area contributed by atoms with Gasteiger partial charge in [-0.3, -0.25) is 0 Å². The Bertz CT molecular complexity index is 711. The lowest BCUT2D eigenvalue weighted by molar-refractivity contribution is 0.272. The van der Waals surface area contributed by atoms with Crippen molar-refractivity contribution in [2.45, 2.75) is 13.5 Å². The van der Waals surface area contributed by atoms with Gasteiger partial charge in [0.1, 0.15) is 17.8 Å². The third-order valence-corrected chi connectivity index (χ3v) is 2.86. The smallest absolute Gasteiger partial charge is 0.215 e. The summed E-state index contributed by atoms with van der Waals surface area (Å²) in [7, 11) is 0. The predicted octanol–water partition coefficient (Wildman–Crippen LogP) is 3.59. The monoisotopic (exact) mass is 315 g/mol. The van der Waals surface area contributed by atoms with Crippen molar-refractivity contribution in [1.29, 1.82) is 5.26 Å². The number of aromatic nitrogens is 2. The van der Waals surface area contributed by atoms with Crippen LogP contribution in [0.5, 0.6) is 5.88 Å². The average Bonchev–Trinajstić information content (AvgIpc) is 2.53. The molecule has 0 saturated heterocycles. The number of hydrogen-bond acceptors (Lipinski definition) is 5. The molecule has 2 heterocycles. The van der Waals surface area contributed by atoms with Crippen LogP contribution in [-0.4, -0.2) is 16.6 Å². The minimum absolute atomic E-state index is 0.231. The van der Waals surface area contributed by atoms with Gasteiger partial charge in [0, 0.05) is 6.07 Å². The Morgan fingerprint density at radius 2 is 2.14 bits per heavy atom. The molecule has 0 aliphatic carbocycles. The average molecular weight is 316 g/mol. The molecule has 0 aliphatic heterocycles. The first kappa shape index (κ1) is 15.8. The van der Waals surface area contributed by atoms with Gasteiger partial charge < -0.3 is 9.47 Å². The fourth-order valence-electron chi connectivity index (χ4n) is 1.65. The Hall–Kier alpha value is -2.58. The number of rotatable bonds is 6. The van der Waals surface area contributed by atoms with Gasteiger partial charge in [-0.15, -0.1) is 0 Å². The van der Waals surface area contributed by atoms with E-state index in [1.807, 2.05) is 6.92 Å². The molecular weight excluding hydrogens is 302 g/mol. The van der Waals surface area contributed by atoms with Gasteiger partial charge in [0.25, 0.3) is 0 Å². The molecule has 2 rings (SSSR count). The normalized spacial score (nSPS) is 10.4. The summed E-state index contributed by atoms with van der Waals surface area (Å²) in [5, 5.41) is 9.45. The highest BCUT2D eigenvalue weighted by Gasteiger charge is 2.05. The molecule has 2 aromatic heterocycles. The Kier molecular flexibility index (Phi) is 5.75. The van der Waals surface area contributed by atoms with Gasteiger partial charge in [0.05, 0.1) is 29.8 Å². The van der Waals surface area contributed by atoms with Crippen molar-refractivity contribution >= 4 is 17.7 Å². The van der Waals surface area contributed by atoms with E-state index in [2.05, 4.69) is 16.0 Å². The van der Waals surface area contributed by atoms with Crippen LogP contribution in [0.25, 0.3) is 6.08 Å². The van der Waals surface area contributed by atoms with E-state index >= 15 is 0 Å². The second kappa shape index (κ2) is 8.01. The lowest BCUT2D eigenvalue weighted by Gasteiger charge is -2.06. The molecule has 0 fully saturated rings. The van der Waals surface area contributed by atoms with E-state index in [4.69, 9.17) is 26.3 Å². The number of hydrogen-bond donors (Lipinski definition) is 0. The van der Waals surface area contributed by atoms with Crippen LogP contribution in [0, 0.1) is 11.3 Å². The summed E-state index contributed by atoms with van der Waals surface area (Å²) in [5.41, 5.74) is 1.69. The van der Waals surface area contributed by atoms with Crippen molar-refractivity contribution in [3.05, 3.63) is 58.7 Å². The molecule has 0 amide bonds. The van der Waals surface area contributed by atoms with Gasteiger partial charge in [-0.05, 0) is 31.2 Å². The molecule has 0 radical (unpaired) electrons. The maximum absolute atomic E-state index is 9.08. The molecule has 0 bridgehead atoms. The molecule has 0 N–H and O–H groups in total. The summed E-state index contributed by atoms with van der Waals surface area (Å²) in [6.45, 7) is 2.67. The summed E-state index contributed by atoms with van der Waals surface area (Å²) in [4.78, 5) is 8.41. The maximum atomic E-state index is 9.08. The van der Waals surface area contributed by atoms with Gasteiger partial charge >= 0.3 is 0 Å². The lowest BCUT2D eigenvalue weighted by Crippen LogP contribution is -2.02. The number of ether oxygens (including phenoxy) is 2. The number of nitrogens with zero attached hydrogens (tertiary/aromatic N) is 3. The molecule has 0 spiro atoms. The topological polar surface area (TPSA) is 68.0 Å². The van der Waals surface area contributed by atoms with Crippen LogP contribution in [0.1, 0.15) is 23.9 Å². The first-order valence-electron chi connectivity index (χ1n) is 6.66. The maximum Gasteiger partial charge on any atom is 0.215 e. The molecule has 0 saturated carbocycles.